The van der Waals surface area contributed by atoms with Gasteiger partial charge in [-0.15, -0.1) is 0 Å². The maximum absolute atomic E-state index is 12.9. The third-order valence-corrected chi connectivity index (χ3v) is 7.46. The zero-order chi connectivity index (χ0) is 23.8. The van der Waals surface area contributed by atoms with Gasteiger partial charge in [0.1, 0.15) is 11.8 Å². The summed E-state index contributed by atoms with van der Waals surface area (Å²) >= 11 is 0. The van der Waals surface area contributed by atoms with Crippen molar-refractivity contribution in [2.45, 2.75) is 24.3 Å². The van der Waals surface area contributed by atoms with Crippen molar-refractivity contribution in [2.75, 3.05) is 38.7 Å². The molecule has 10 nitrogen and oxygen atoms in total. The number of carbonyl (C=O) groups excluding carboxylic acids is 2. The summed E-state index contributed by atoms with van der Waals surface area (Å²) in [6.45, 7) is 2.75. The minimum atomic E-state index is -3.54. The molecule has 0 spiro atoms. The largest absolute Gasteiger partial charge is 0.467 e. The monoisotopic (exact) mass is 474 g/mol. The Morgan fingerprint density at radius 2 is 2.09 bits per heavy atom. The Morgan fingerprint density at radius 3 is 2.76 bits per heavy atom. The number of anilines is 1. The van der Waals surface area contributed by atoms with Crippen LogP contribution in [0.1, 0.15) is 24.3 Å². The molecule has 0 bridgehead atoms. The van der Waals surface area contributed by atoms with Crippen LogP contribution < -0.4 is 15.5 Å². The van der Waals surface area contributed by atoms with Crippen LogP contribution in [0.3, 0.4) is 0 Å². The summed E-state index contributed by atoms with van der Waals surface area (Å²) in [7, 11) is -0.553. The molecule has 0 saturated heterocycles. The highest BCUT2D eigenvalue weighted by molar-refractivity contribution is 7.89. The number of benzene rings is 1. The molecule has 1 aromatic heterocycles. The topological polar surface area (TPSA) is 121 Å². The Labute approximate surface area is 192 Å². The van der Waals surface area contributed by atoms with Crippen molar-refractivity contribution < 1.29 is 27.2 Å². The molecule has 0 saturated carbocycles. The van der Waals surface area contributed by atoms with Crippen LogP contribution in [-0.2, 0) is 26.0 Å². The summed E-state index contributed by atoms with van der Waals surface area (Å²) in [6, 6.07) is 7.14. The van der Waals surface area contributed by atoms with Crippen molar-refractivity contribution in [1.29, 1.82) is 0 Å². The van der Waals surface area contributed by atoms with Crippen LogP contribution in [0.2, 0.25) is 0 Å². The normalized spacial score (nSPS) is 18.2. The molecule has 2 N–H and O–H groups in total. The number of rotatable bonds is 7. The van der Waals surface area contributed by atoms with Gasteiger partial charge in [-0.3, -0.25) is 0 Å². The van der Waals surface area contributed by atoms with Gasteiger partial charge in [0.05, 0.1) is 35.6 Å². The first-order valence-electron chi connectivity index (χ1n) is 10.5. The molecular formula is C22H26N4O6S. The number of urea groups is 1. The van der Waals surface area contributed by atoms with E-state index in [-0.39, 0.29) is 23.6 Å². The second-order valence-corrected chi connectivity index (χ2v) is 10.1. The average molecular weight is 475 g/mol. The number of hydrogen-bond donors (Lipinski definition) is 2. The molecule has 2 aromatic rings. The Balaban J connectivity index is 1.69. The lowest BCUT2D eigenvalue weighted by atomic mass is 10.00. The highest BCUT2D eigenvalue weighted by Crippen LogP contribution is 2.33. The van der Waals surface area contributed by atoms with Crippen LogP contribution in [0.4, 0.5) is 10.5 Å². The van der Waals surface area contributed by atoms with Crippen LogP contribution in [0.5, 0.6) is 0 Å². The lowest BCUT2D eigenvalue weighted by Gasteiger charge is -2.30. The molecule has 0 radical (unpaired) electrons. The van der Waals surface area contributed by atoms with E-state index in [1.807, 2.05) is 4.90 Å². The Hall–Kier alpha value is -3.31. The van der Waals surface area contributed by atoms with E-state index in [2.05, 4.69) is 10.6 Å². The van der Waals surface area contributed by atoms with E-state index in [1.54, 1.807) is 37.3 Å². The molecule has 3 heterocycles. The summed E-state index contributed by atoms with van der Waals surface area (Å²) < 4.78 is 36.9. The van der Waals surface area contributed by atoms with Crippen LogP contribution in [0.15, 0.2) is 57.2 Å². The van der Waals surface area contributed by atoms with Crippen LogP contribution in [-0.4, -0.2) is 58.5 Å². The Morgan fingerprint density at radius 1 is 1.30 bits per heavy atom. The molecule has 0 unspecified atom stereocenters. The fraction of sp³-hybridized carbons (Fsp3) is 0.364. The van der Waals surface area contributed by atoms with Gasteiger partial charge in [-0.1, -0.05) is 0 Å². The van der Waals surface area contributed by atoms with E-state index in [0.29, 0.717) is 24.4 Å². The van der Waals surface area contributed by atoms with Crippen LogP contribution in [0, 0.1) is 0 Å². The molecule has 1 atom stereocenters. The van der Waals surface area contributed by atoms with E-state index in [1.165, 1.54) is 24.7 Å². The second kappa shape index (κ2) is 8.91. The molecule has 1 aromatic carbocycles. The molecule has 0 aliphatic carbocycles. The molecule has 2 aliphatic heterocycles. The number of amides is 2. The predicted octanol–water partition coefficient (Wildman–Crippen LogP) is 1.76. The van der Waals surface area contributed by atoms with Crippen molar-refractivity contribution in [3.8, 4) is 0 Å². The fourth-order valence-corrected chi connectivity index (χ4v) is 4.99. The molecule has 4 rings (SSSR count). The van der Waals surface area contributed by atoms with Crippen molar-refractivity contribution in [3.63, 3.8) is 0 Å². The number of fused-ring (bicyclic) bond motifs is 1. The van der Waals surface area contributed by atoms with E-state index < -0.39 is 28.1 Å². The number of furan rings is 1. The van der Waals surface area contributed by atoms with Crippen molar-refractivity contribution in [2.24, 2.45) is 0 Å². The third-order valence-electron chi connectivity index (χ3n) is 5.65. The first-order chi connectivity index (χ1) is 15.7. The van der Waals surface area contributed by atoms with E-state index in [0.717, 1.165) is 11.3 Å². The van der Waals surface area contributed by atoms with Crippen LogP contribution >= 0.6 is 0 Å². The summed E-state index contributed by atoms with van der Waals surface area (Å²) in [5, 5.41) is 5.47. The third kappa shape index (κ3) is 4.33. The van der Waals surface area contributed by atoms with Crippen LogP contribution in [0.25, 0.3) is 0 Å². The van der Waals surface area contributed by atoms with Gasteiger partial charge in [-0.2, -0.15) is 0 Å². The zero-order valence-corrected chi connectivity index (χ0v) is 19.4. The molecular weight excluding hydrogens is 448 g/mol. The Bertz CT molecular complexity index is 1200. The van der Waals surface area contributed by atoms with Gasteiger partial charge in [0, 0.05) is 26.3 Å². The number of ether oxygens (including phenoxy) is 1. The van der Waals surface area contributed by atoms with Gasteiger partial charge in [0.15, 0.2) is 0 Å². The number of esters is 1. The summed E-state index contributed by atoms with van der Waals surface area (Å²) in [6.07, 6.45) is 2.12. The number of hydrogen-bond acceptors (Lipinski definition) is 7. The standard InChI is InChI=1S/C22H26N4O6S/c1-4-31-21(27)19-16(23-22(28)24-20(19)18-6-5-11-32-18)13-26-10-9-14-12-15(7-8-17(14)26)33(29,30)25(2)3/h5-8,11-12,20H,4,9-10,13H2,1-3H3,(H2,23,24,28)/t20-/m0/s1. The summed E-state index contributed by atoms with van der Waals surface area (Å²) in [5.41, 5.74) is 2.42. The number of carbonyl (C=O) groups is 2. The quantitative estimate of drug-likeness (QED) is 0.587. The lowest BCUT2D eigenvalue weighted by molar-refractivity contribution is -0.139. The molecule has 33 heavy (non-hydrogen) atoms. The molecule has 2 aliphatic rings. The maximum atomic E-state index is 12.9. The summed E-state index contributed by atoms with van der Waals surface area (Å²) in [4.78, 5) is 27.5. The number of nitrogens with zero attached hydrogens (tertiary/aromatic N) is 2. The minimum absolute atomic E-state index is 0.185. The van der Waals surface area contributed by atoms with Crippen molar-refractivity contribution in [1.82, 2.24) is 14.9 Å². The van der Waals surface area contributed by atoms with Gasteiger partial charge in [0.25, 0.3) is 0 Å². The highest BCUT2D eigenvalue weighted by atomic mass is 32.2. The zero-order valence-electron chi connectivity index (χ0n) is 18.6. The maximum Gasteiger partial charge on any atom is 0.338 e. The van der Waals surface area contributed by atoms with Gasteiger partial charge in [-0.25, -0.2) is 22.3 Å². The summed E-state index contributed by atoms with van der Waals surface area (Å²) in [5.74, 6) is -0.126. The highest BCUT2D eigenvalue weighted by Gasteiger charge is 2.36. The van der Waals surface area contributed by atoms with Gasteiger partial charge in [-0.05, 0) is 49.2 Å². The van der Waals surface area contributed by atoms with E-state index in [9.17, 15) is 18.0 Å². The molecule has 176 valence electrons. The van der Waals surface area contributed by atoms with Gasteiger partial charge >= 0.3 is 12.0 Å². The number of sulfonamides is 1. The second-order valence-electron chi connectivity index (χ2n) is 7.91. The Kier molecular flexibility index (Phi) is 6.17. The first-order valence-corrected chi connectivity index (χ1v) is 12.0. The van der Waals surface area contributed by atoms with Gasteiger partial charge in [0.2, 0.25) is 10.0 Å². The minimum Gasteiger partial charge on any atom is -0.467 e. The predicted molar refractivity (Wildman–Crippen MR) is 120 cm³/mol. The van der Waals surface area contributed by atoms with E-state index in [4.69, 9.17) is 9.15 Å². The molecule has 11 heteroatoms. The van der Waals surface area contributed by atoms with Crippen molar-refractivity contribution >= 4 is 27.7 Å². The van der Waals surface area contributed by atoms with Crippen molar-refractivity contribution in [3.05, 3.63) is 59.2 Å². The number of nitrogens with one attached hydrogen (secondary N) is 2. The van der Waals surface area contributed by atoms with E-state index >= 15 is 0 Å². The SMILES string of the molecule is CCOC(=O)C1=C(CN2CCc3cc(S(=O)(=O)N(C)C)ccc32)NC(=O)N[C@H]1c1ccco1. The smallest absolute Gasteiger partial charge is 0.338 e. The lowest BCUT2D eigenvalue weighted by Crippen LogP contribution is -2.48. The average Bonchev–Trinajstić information content (AvgIpc) is 3.43. The first kappa shape index (κ1) is 22.9. The fourth-order valence-electron chi connectivity index (χ4n) is 4.03. The molecule has 2 amide bonds. The van der Waals surface area contributed by atoms with Gasteiger partial charge < -0.3 is 24.7 Å². The molecule has 0 fully saturated rings.